The van der Waals surface area contributed by atoms with Crippen LogP contribution in [0, 0.1) is 11.6 Å². The van der Waals surface area contributed by atoms with E-state index < -0.39 is 17.5 Å². The topological polar surface area (TPSA) is 58.4 Å². The first-order valence-electron chi connectivity index (χ1n) is 9.07. The predicted molar refractivity (Wildman–Crippen MR) is 92.6 cm³/mol. The van der Waals surface area contributed by atoms with Crippen LogP contribution in [0.2, 0.25) is 0 Å². The molecule has 1 aromatic carbocycles. The SMILES string of the molecule is O=C1CCCN1Cc1ncn2c1CN(C(=O)c1cc(F)cc(F)c1)CCC2. The lowest BCUT2D eigenvalue weighted by Crippen LogP contribution is -2.32. The van der Waals surface area contributed by atoms with Gasteiger partial charge in [-0.3, -0.25) is 9.59 Å². The Bertz CT molecular complexity index is 876. The molecule has 1 aromatic heterocycles. The number of amides is 2. The van der Waals surface area contributed by atoms with E-state index in [1.165, 1.54) is 0 Å². The number of rotatable bonds is 3. The lowest BCUT2D eigenvalue weighted by Gasteiger charge is -2.22. The summed E-state index contributed by atoms with van der Waals surface area (Å²) in [6.07, 6.45) is 3.87. The molecule has 1 fully saturated rings. The molecule has 3 heterocycles. The Morgan fingerprint density at radius 3 is 2.56 bits per heavy atom. The molecular weight excluding hydrogens is 354 g/mol. The highest BCUT2D eigenvalue weighted by molar-refractivity contribution is 5.94. The van der Waals surface area contributed by atoms with E-state index in [4.69, 9.17) is 0 Å². The van der Waals surface area contributed by atoms with E-state index in [1.54, 1.807) is 16.1 Å². The van der Waals surface area contributed by atoms with Gasteiger partial charge in [-0.05, 0) is 25.0 Å². The monoisotopic (exact) mass is 374 g/mol. The van der Waals surface area contributed by atoms with E-state index in [1.807, 2.05) is 4.57 Å². The summed E-state index contributed by atoms with van der Waals surface area (Å²) in [5.41, 5.74) is 1.64. The fraction of sp³-hybridized carbons (Fsp3) is 0.421. The highest BCUT2D eigenvalue weighted by Gasteiger charge is 2.27. The summed E-state index contributed by atoms with van der Waals surface area (Å²) in [7, 11) is 0. The first kappa shape index (κ1) is 17.6. The van der Waals surface area contributed by atoms with Crippen LogP contribution in [-0.2, 0) is 24.4 Å². The van der Waals surface area contributed by atoms with E-state index in [9.17, 15) is 18.4 Å². The maximum absolute atomic E-state index is 13.5. The van der Waals surface area contributed by atoms with Gasteiger partial charge in [0, 0.05) is 37.7 Å². The van der Waals surface area contributed by atoms with Crippen molar-refractivity contribution >= 4 is 11.8 Å². The Kier molecular flexibility index (Phi) is 4.63. The number of aryl methyl sites for hydroxylation is 1. The molecule has 2 aromatic rings. The summed E-state index contributed by atoms with van der Waals surface area (Å²) < 4.78 is 29.0. The minimum Gasteiger partial charge on any atom is -0.337 e. The van der Waals surface area contributed by atoms with E-state index >= 15 is 0 Å². The number of benzene rings is 1. The molecule has 0 N–H and O–H groups in total. The second kappa shape index (κ2) is 7.09. The van der Waals surface area contributed by atoms with Crippen LogP contribution in [-0.4, -0.2) is 44.3 Å². The molecular formula is C19H20F2N4O2. The Morgan fingerprint density at radius 1 is 1.07 bits per heavy atom. The number of hydrogen-bond acceptors (Lipinski definition) is 3. The average Bonchev–Trinajstić information content (AvgIpc) is 3.12. The van der Waals surface area contributed by atoms with Crippen LogP contribution in [0.3, 0.4) is 0 Å². The third kappa shape index (κ3) is 3.56. The molecule has 0 unspecified atom stereocenters. The summed E-state index contributed by atoms with van der Waals surface area (Å²) in [5.74, 6) is -1.84. The van der Waals surface area contributed by atoms with Crippen molar-refractivity contribution in [3.8, 4) is 0 Å². The van der Waals surface area contributed by atoms with Crippen molar-refractivity contribution in [3.05, 3.63) is 53.1 Å². The predicted octanol–water partition coefficient (Wildman–Crippen LogP) is 2.33. The van der Waals surface area contributed by atoms with Crippen molar-refractivity contribution in [2.75, 3.05) is 13.1 Å². The van der Waals surface area contributed by atoms with Crippen LogP contribution in [0.4, 0.5) is 8.78 Å². The Balaban J connectivity index is 1.57. The zero-order valence-electron chi connectivity index (χ0n) is 14.8. The van der Waals surface area contributed by atoms with Crippen molar-refractivity contribution in [1.82, 2.24) is 19.4 Å². The highest BCUT2D eigenvalue weighted by atomic mass is 19.1. The van der Waals surface area contributed by atoms with Crippen molar-refractivity contribution in [1.29, 1.82) is 0 Å². The zero-order chi connectivity index (χ0) is 19.0. The Hall–Kier alpha value is -2.77. The van der Waals surface area contributed by atoms with E-state index in [0.29, 0.717) is 32.6 Å². The quantitative estimate of drug-likeness (QED) is 0.829. The fourth-order valence-electron chi connectivity index (χ4n) is 3.73. The van der Waals surface area contributed by atoms with Crippen molar-refractivity contribution in [2.24, 2.45) is 0 Å². The van der Waals surface area contributed by atoms with Crippen LogP contribution in [0.25, 0.3) is 0 Å². The van der Waals surface area contributed by atoms with Gasteiger partial charge in [0.15, 0.2) is 0 Å². The summed E-state index contributed by atoms with van der Waals surface area (Å²) in [6, 6.07) is 2.86. The van der Waals surface area contributed by atoms with Gasteiger partial charge < -0.3 is 14.4 Å². The standard InChI is InChI=1S/C19H20F2N4O2/c20-14-7-13(8-15(21)9-14)19(27)24-5-2-6-25-12-22-16(17(25)11-24)10-23-4-1-3-18(23)26/h7-9,12H,1-6,10-11H2. The van der Waals surface area contributed by atoms with Crippen molar-refractivity contribution < 1.29 is 18.4 Å². The maximum Gasteiger partial charge on any atom is 0.254 e. The lowest BCUT2D eigenvalue weighted by molar-refractivity contribution is -0.128. The largest absolute Gasteiger partial charge is 0.337 e. The number of carbonyl (C=O) groups is 2. The van der Waals surface area contributed by atoms with E-state index in [-0.39, 0.29) is 11.5 Å². The van der Waals surface area contributed by atoms with Gasteiger partial charge in [-0.2, -0.15) is 0 Å². The summed E-state index contributed by atoms with van der Waals surface area (Å²) in [5, 5.41) is 0. The molecule has 4 rings (SSSR count). The Labute approximate surface area is 155 Å². The number of hydrogen-bond donors (Lipinski definition) is 0. The van der Waals surface area contributed by atoms with Gasteiger partial charge in [0.2, 0.25) is 5.91 Å². The van der Waals surface area contributed by atoms with Gasteiger partial charge in [-0.15, -0.1) is 0 Å². The molecule has 0 radical (unpaired) electrons. The van der Waals surface area contributed by atoms with Gasteiger partial charge in [0.1, 0.15) is 11.6 Å². The minimum absolute atomic E-state index is 0.00302. The molecule has 0 saturated carbocycles. The van der Waals surface area contributed by atoms with Crippen LogP contribution >= 0.6 is 0 Å². The van der Waals surface area contributed by atoms with Gasteiger partial charge >= 0.3 is 0 Å². The van der Waals surface area contributed by atoms with Gasteiger partial charge in [0.05, 0.1) is 30.8 Å². The molecule has 0 atom stereocenters. The molecule has 0 aliphatic carbocycles. The zero-order valence-corrected chi connectivity index (χ0v) is 14.8. The lowest BCUT2D eigenvalue weighted by atomic mass is 10.1. The van der Waals surface area contributed by atoms with Crippen LogP contribution in [0.5, 0.6) is 0 Å². The highest BCUT2D eigenvalue weighted by Crippen LogP contribution is 2.22. The van der Waals surface area contributed by atoms with Gasteiger partial charge in [-0.1, -0.05) is 0 Å². The van der Waals surface area contributed by atoms with Crippen LogP contribution in [0.15, 0.2) is 24.5 Å². The Morgan fingerprint density at radius 2 is 1.85 bits per heavy atom. The number of fused-ring (bicyclic) bond motifs is 1. The fourth-order valence-corrected chi connectivity index (χ4v) is 3.73. The smallest absolute Gasteiger partial charge is 0.254 e. The molecule has 2 aliphatic rings. The van der Waals surface area contributed by atoms with Crippen LogP contribution in [0.1, 0.15) is 41.0 Å². The molecule has 8 heteroatoms. The normalized spacial score (nSPS) is 17.2. The molecule has 142 valence electrons. The number of halogens is 2. The number of nitrogens with zero attached hydrogens (tertiary/aromatic N) is 4. The summed E-state index contributed by atoms with van der Waals surface area (Å²) >= 11 is 0. The maximum atomic E-state index is 13.5. The molecule has 2 aliphatic heterocycles. The van der Waals surface area contributed by atoms with E-state index in [0.717, 1.165) is 49.0 Å². The molecule has 6 nitrogen and oxygen atoms in total. The first-order chi connectivity index (χ1) is 13.0. The molecule has 2 amide bonds. The van der Waals surface area contributed by atoms with Crippen LogP contribution < -0.4 is 0 Å². The number of aromatic nitrogens is 2. The van der Waals surface area contributed by atoms with Crippen molar-refractivity contribution in [3.63, 3.8) is 0 Å². The molecule has 27 heavy (non-hydrogen) atoms. The van der Waals surface area contributed by atoms with Crippen molar-refractivity contribution in [2.45, 2.75) is 38.9 Å². The number of likely N-dealkylation sites (tertiary alicyclic amines) is 1. The third-order valence-corrected chi connectivity index (χ3v) is 5.11. The molecule has 0 bridgehead atoms. The third-order valence-electron chi connectivity index (χ3n) is 5.11. The van der Waals surface area contributed by atoms with Gasteiger partial charge in [0.25, 0.3) is 5.91 Å². The second-order valence-corrected chi connectivity index (χ2v) is 6.99. The summed E-state index contributed by atoms with van der Waals surface area (Å²) in [4.78, 5) is 32.5. The van der Waals surface area contributed by atoms with Gasteiger partial charge in [-0.25, -0.2) is 13.8 Å². The molecule has 0 spiro atoms. The molecule has 1 saturated heterocycles. The number of imidazole rings is 1. The second-order valence-electron chi connectivity index (χ2n) is 6.99. The average molecular weight is 374 g/mol. The first-order valence-corrected chi connectivity index (χ1v) is 9.07. The minimum atomic E-state index is -0.772. The van der Waals surface area contributed by atoms with E-state index in [2.05, 4.69) is 4.98 Å². The summed E-state index contributed by atoms with van der Waals surface area (Å²) in [6.45, 7) is 2.64. The number of carbonyl (C=O) groups excluding carboxylic acids is 2.